The Hall–Kier alpha value is -2.63. The number of benzene rings is 1. The van der Waals surface area contributed by atoms with Crippen molar-refractivity contribution in [2.75, 3.05) is 11.9 Å². The van der Waals surface area contributed by atoms with Crippen molar-refractivity contribution in [1.29, 1.82) is 0 Å². The van der Waals surface area contributed by atoms with E-state index < -0.39 is 5.97 Å². The van der Waals surface area contributed by atoms with E-state index in [4.69, 9.17) is 5.11 Å². The Labute approximate surface area is 116 Å². The van der Waals surface area contributed by atoms with Crippen molar-refractivity contribution in [3.63, 3.8) is 0 Å². The van der Waals surface area contributed by atoms with E-state index in [0.29, 0.717) is 6.54 Å². The van der Waals surface area contributed by atoms with E-state index in [-0.39, 0.29) is 17.9 Å². The summed E-state index contributed by atoms with van der Waals surface area (Å²) in [7, 11) is 1.71. The number of rotatable bonds is 5. The lowest BCUT2D eigenvalue weighted by Gasteiger charge is -2.17. The molecule has 20 heavy (non-hydrogen) atoms. The van der Waals surface area contributed by atoms with Crippen molar-refractivity contribution in [2.24, 2.45) is 0 Å². The highest BCUT2D eigenvalue weighted by Crippen LogP contribution is 2.12. The molecule has 1 amide bonds. The van der Waals surface area contributed by atoms with Crippen LogP contribution in [0.2, 0.25) is 0 Å². The van der Waals surface area contributed by atoms with E-state index in [1.807, 2.05) is 30.3 Å². The van der Waals surface area contributed by atoms with Crippen molar-refractivity contribution in [3.05, 3.63) is 48.3 Å². The summed E-state index contributed by atoms with van der Waals surface area (Å²) in [5, 5.41) is 12.7. The Bertz CT molecular complexity index is 607. The third kappa shape index (κ3) is 3.23. The van der Waals surface area contributed by atoms with Gasteiger partial charge in [0.1, 0.15) is 0 Å². The second kappa shape index (κ2) is 6.01. The number of carboxylic acids is 1. The Morgan fingerprint density at radius 1 is 1.30 bits per heavy atom. The first-order chi connectivity index (χ1) is 9.58. The quantitative estimate of drug-likeness (QED) is 0.898. The molecule has 1 N–H and O–H groups in total. The molecule has 1 aromatic carbocycles. The summed E-state index contributed by atoms with van der Waals surface area (Å²) >= 11 is 0. The molecule has 2 rings (SSSR count). The molecule has 0 radical (unpaired) electrons. The Balaban J connectivity index is 1.93. The molecule has 0 aliphatic carbocycles. The van der Waals surface area contributed by atoms with Crippen LogP contribution in [0, 0.1) is 0 Å². The monoisotopic (exact) mass is 273 g/mol. The van der Waals surface area contributed by atoms with E-state index in [9.17, 15) is 9.59 Å². The number of anilines is 1. The van der Waals surface area contributed by atoms with Crippen LogP contribution in [0.15, 0.2) is 42.7 Å². The summed E-state index contributed by atoms with van der Waals surface area (Å²) < 4.78 is 1.46. The third-order valence-corrected chi connectivity index (χ3v) is 2.95. The predicted octanol–water partition coefficient (Wildman–Crippen LogP) is 1.63. The normalized spacial score (nSPS) is 10.2. The van der Waals surface area contributed by atoms with Gasteiger partial charge in [0.15, 0.2) is 0 Å². The summed E-state index contributed by atoms with van der Waals surface area (Å²) in [5.74, 6) is -1.08. The number of hydrogen-bond donors (Lipinski definition) is 1. The van der Waals surface area contributed by atoms with E-state index >= 15 is 0 Å². The van der Waals surface area contributed by atoms with Crippen LogP contribution in [0.1, 0.15) is 16.8 Å². The van der Waals surface area contributed by atoms with Crippen LogP contribution in [0.25, 0.3) is 0 Å². The number of nitrogens with zero attached hydrogens (tertiary/aromatic N) is 3. The van der Waals surface area contributed by atoms with Crippen LogP contribution in [-0.2, 0) is 11.3 Å². The van der Waals surface area contributed by atoms with Gasteiger partial charge in [0.25, 0.3) is 0 Å². The zero-order chi connectivity index (χ0) is 14.5. The van der Waals surface area contributed by atoms with Crippen molar-refractivity contribution in [3.8, 4) is 0 Å². The number of carbonyl (C=O) groups excluding carboxylic acids is 1. The van der Waals surface area contributed by atoms with Gasteiger partial charge in [-0.25, -0.2) is 4.79 Å². The molecule has 0 atom stereocenters. The van der Waals surface area contributed by atoms with Gasteiger partial charge < -0.3 is 10.0 Å². The average molecular weight is 273 g/mol. The molecule has 0 bridgehead atoms. The number of amides is 1. The highest BCUT2D eigenvalue weighted by Gasteiger charge is 2.11. The molecule has 104 valence electrons. The minimum absolute atomic E-state index is 0.0522. The molecule has 6 nitrogen and oxygen atoms in total. The van der Waals surface area contributed by atoms with E-state index in [2.05, 4.69) is 5.10 Å². The number of hydrogen-bond acceptors (Lipinski definition) is 3. The second-order valence-corrected chi connectivity index (χ2v) is 4.34. The van der Waals surface area contributed by atoms with Crippen LogP contribution >= 0.6 is 0 Å². The summed E-state index contributed by atoms with van der Waals surface area (Å²) in [6.45, 7) is 0.350. The number of aryl methyl sites for hydroxylation is 1. The molecule has 0 aliphatic heterocycles. The molecule has 0 aliphatic rings. The second-order valence-electron chi connectivity index (χ2n) is 4.34. The van der Waals surface area contributed by atoms with Crippen LogP contribution in [0.5, 0.6) is 0 Å². The highest BCUT2D eigenvalue weighted by molar-refractivity contribution is 5.92. The standard InChI is InChI=1S/C14H15N3O3/c1-16(12-5-3-2-4-6-12)13(18)7-8-17-10-11(9-15-17)14(19)20/h2-6,9-10H,7-8H2,1H3,(H,19,20). The minimum Gasteiger partial charge on any atom is -0.478 e. The van der Waals surface area contributed by atoms with Crippen LogP contribution in [0.3, 0.4) is 0 Å². The largest absolute Gasteiger partial charge is 0.478 e. The molecule has 1 heterocycles. The molecule has 0 fully saturated rings. The minimum atomic E-state index is -1.02. The highest BCUT2D eigenvalue weighted by atomic mass is 16.4. The maximum atomic E-state index is 12.0. The molecule has 1 aromatic heterocycles. The van der Waals surface area contributed by atoms with E-state index in [0.717, 1.165) is 5.69 Å². The lowest BCUT2D eigenvalue weighted by atomic mass is 10.2. The average Bonchev–Trinajstić information content (AvgIpc) is 2.94. The molecular weight excluding hydrogens is 258 g/mol. The Morgan fingerprint density at radius 3 is 2.60 bits per heavy atom. The molecule has 0 unspecified atom stereocenters. The summed E-state index contributed by atoms with van der Waals surface area (Å²) in [6, 6.07) is 9.33. The van der Waals surface area contributed by atoms with Crippen molar-refractivity contribution in [2.45, 2.75) is 13.0 Å². The zero-order valence-corrected chi connectivity index (χ0v) is 11.1. The van der Waals surface area contributed by atoms with Gasteiger partial charge in [-0.3, -0.25) is 9.48 Å². The van der Waals surface area contributed by atoms with Crippen molar-refractivity contribution in [1.82, 2.24) is 9.78 Å². The first kappa shape index (κ1) is 13.8. The molecular formula is C14H15N3O3. The van der Waals surface area contributed by atoms with Gasteiger partial charge in [-0.05, 0) is 12.1 Å². The number of aromatic carboxylic acids is 1. The number of para-hydroxylation sites is 1. The van der Waals surface area contributed by atoms with Gasteiger partial charge >= 0.3 is 5.97 Å². The number of carbonyl (C=O) groups is 2. The fourth-order valence-corrected chi connectivity index (χ4v) is 1.77. The van der Waals surface area contributed by atoms with E-state index in [1.54, 1.807) is 11.9 Å². The molecule has 0 saturated carbocycles. The molecule has 2 aromatic rings. The third-order valence-electron chi connectivity index (χ3n) is 2.95. The predicted molar refractivity (Wildman–Crippen MR) is 73.7 cm³/mol. The summed E-state index contributed by atoms with van der Waals surface area (Å²) in [4.78, 5) is 24.3. The first-order valence-corrected chi connectivity index (χ1v) is 6.15. The van der Waals surface area contributed by atoms with Crippen molar-refractivity contribution < 1.29 is 14.7 Å². The zero-order valence-electron chi connectivity index (χ0n) is 11.1. The SMILES string of the molecule is CN(C(=O)CCn1cc(C(=O)O)cn1)c1ccccc1. The van der Waals surface area contributed by atoms with Crippen molar-refractivity contribution >= 4 is 17.6 Å². The lowest BCUT2D eigenvalue weighted by molar-refractivity contribution is -0.118. The van der Waals surface area contributed by atoms with Gasteiger partial charge in [-0.1, -0.05) is 18.2 Å². The lowest BCUT2D eigenvalue weighted by Crippen LogP contribution is -2.27. The van der Waals surface area contributed by atoms with Gasteiger partial charge in [0.05, 0.1) is 11.8 Å². The summed E-state index contributed by atoms with van der Waals surface area (Å²) in [5.41, 5.74) is 0.943. The van der Waals surface area contributed by atoms with Gasteiger partial charge in [0.2, 0.25) is 5.91 Å². The Kier molecular flexibility index (Phi) is 4.14. The van der Waals surface area contributed by atoms with E-state index in [1.165, 1.54) is 17.1 Å². The van der Waals surface area contributed by atoms with Gasteiger partial charge in [-0.2, -0.15) is 5.10 Å². The van der Waals surface area contributed by atoms with Crippen LogP contribution < -0.4 is 4.90 Å². The maximum absolute atomic E-state index is 12.0. The maximum Gasteiger partial charge on any atom is 0.338 e. The van der Waals surface area contributed by atoms with Crippen LogP contribution in [0.4, 0.5) is 5.69 Å². The fraction of sp³-hybridized carbons (Fsp3) is 0.214. The molecule has 6 heteroatoms. The van der Waals surface area contributed by atoms with Gasteiger partial charge in [-0.15, -0.1) is 0 Å². The topological polar surface area (TPSA) is 75.4 Å². The smallest absolute Gasteiger partial charge is 0.338 e. The summed E-state index contributed by atoms with van der Waals surface area (Å²) in [6.07, 6.45) is 2.94. The number of carboxylic acid groups (broad SMARTS) is 1. The molecule has 0 spiro atoms. The molecule has 0 saturated heterocycles. The van der Waals surface area contributed by atoms with Crippen LogP contribution in [-0.4, -0.2) is 33.8 Å². The number of aromatic nitrogens is 2. The Morgan fingerprint density at radius 2 is 2.00 bits per heavy atom. The fourth-order valence-electron chi connectivity index (χ4n) is 1.77. The first-order valence-electron chi connectivity index (χ1n) is 6.15. The van der Waals surface area contributed by atoms with Gasteiger partial charge in [0, 0.05) is 31.9 Å².